The van der Waals surface area contributed by atoms with Gasteiger partial charge in [-0.3, -0.25) is 9.69 Å². The van der Waals surface area contributed by atoms with Crippen molar-refractivity contribution in [3.05, 3.63) is 125 Å². The number of ether oxygens (including phenoxy) is 1. The molecule has 0 bridgehead atoms. The molecule has 36 heavy (non-hydrogen) atoms. The Morgan fingerprint density at radius 1 is 0.944 bits per heavy atom. The molecule has 0 N–H and O–H groups in total. The van der Waals surface area contributed by atoms with Gasteiger partial charge >= 0.3 is 5.97 Å². The van der Waals surface area contributed by atoms with Crippen LogP contribution in [-0.4, -0.2) is 18.5 Å². The number of halogens is 1. The second-order valence-corrected chi connectivity index (χ2v) is 8.55. The minimum atomic E-state index is -0.362. The first-order chi connectivity index (χ1) is 17.5. The predicted molar refractivity (Wildman–Crippen MR) is 141 cm³/mol. The Labute approximate surface area is 213 Å². The number of benzene rings is 3. The highest BCUT2D eigenvalue weighted by atomic mass is 35.5. The zero-order valence-corrected chi connectivity index (χ0v) is 20.2. The molecule has 178 valence electrons. The Balaban J connectivity index is 1.46. The van der Waals surface area contributed by atoms with Crippen molar-refractivity contribution in [2.45, 2.75) is 6.92 Å². The quantitative estimate of drug-likeness (QED) is 0.209. The van der Waals surface area contributed by atoms with E-state index in [2.05, 4.69) is 0 Å². The molecule has 1 amide bonds. The van der Waals surface area contributed by atoms with Crippen LogP contribution in [0, 0.1) is 0 Å². The van der Waals surface area contributed by atoms with Crippen molar-refractivity contribution in [2.75, 3.05) is 11.5 Å². The molecule has 0 aliphatic carbocycles. The second-order valence-electron chi connectivity index (χ2n) is 8.12. The highest BCUT2D eigenvalue weighted by Gasteiger charge is 2.30. The summed E-state index contributed by atoms with van der Waals surface area (Å²) in [5, 5.41) is 0.551. The molecule has 0 radical (unpaired) electrons. The molecule has 0 fully saturated rings. The monoisotopic (exact) mass is 495 g/mol. The molecule has 1 aliphatic rings. The molecule has 5 nitrogen and oxygen atoms in total. The fourth-order valence-corrected chi connectivity index (χ4v) is 4.22. The molecule has 0 spiro atoms. The third kappa shape index (κ3) is 4.74. The largest absolute Gasteiger partial charge is 0.462 e. The predicted octanol–water partition coefficient (Wildman–Crippen LogP) is 7.25. The maximum atomic E-state index is 13.5. The average Bonchev–Trinajstić information content (AvgIpc) is 3.49. The zero-order chi connectivity index (χ0) is 25.1. The van der Waals surface area contributed by atoms with Crippen LogP contribution in [0.1, 0.15) is 28.6 Å². The van der Waals surface area contributed by atoms with Gasteiger partial charge in [0.05, 0.1) is 23.6 Å². The van der Waals surface area contributed by atoms with E-state index in [1.165, 1.54) is 0 Å². The number of furan rings is 1. The molecule has 4 aromatic rings. The number of esters is 1. The number of rotatable bonds is 6. The van der Waals surface area contributed by atoms with E-state index in [-0.39, 0.29) is 11.9 Å². The van der Waals surface area contributed by atoms with Crippen LogP contribution in [0.4, 0.5) is 5.69 Å². The standard InChI is InChI=1S/C30H22ClNO4/c1-2-35-30(34)22-13-11-21(12-14-22)28-16-15-26(36-28)17-23-18-27(20-7-4-3-5-8-20)32(29(23)33)25-10-6-9-24(31)19-25/h3-19H,2H2,1H3/b23-17-. The minimum absolute atomic E-state index is 0.173. The van der Waals surface area contributed by atoms with Gasteiger partial charge in [-0.1, -0.05) is 60.1 Å². The molecule has 0 saturated heterocycles. The van der Waals surface area contributed by atoms with Crippen LogP contribution in [0.3, 0.4) is 0 Å². The number of hydrogen-bond acceptors (Lipinski definition) is 4. The summed E-state index contributed by atoms with van der Waals surface area (Å²) in [6.45, 7) is 2.09. The van der Waals surface area contributed by atoms with Crippen molar-refractivity contribution in [2.24, 2.45) is 0 Å². The van der Waals surface area contributed by atoms with Crippen molar-refractivity contribution in [1.29, 1.82) is 0 Å². The van der Waals surface area contributed by atoms with Crippen molar-refractivity contribution < 1.29 is 18.7 Å². The molecule has 2 heterocycles. The maximum absolute atomic E-state index is 13.5. The first-order valence-electron chi connectivity index (χ1n) is 11.5. The summed E-state index contributed by atoms with van der Waals surface area (Å²) in [7, 11) is 0. The van der Waals surface area contributed by atoms with Gasteiger partial charge < -0.3 is 9.15 Å². The lowest BCUT2D eigenvalue weighted by atomic mass is 10.1. The van der Waals surface area contributed by atoms with E-state index in [4.69, 9.17) is 20.8 Å². The molecule has 0 saturated carbocycles. The third-order valence-electron chi connectivity index (χ3n) is 5.72. The van der Waals surface area contributed by atoms with Crippen LogP contribution in [0.15, 0.2) is 107 Å². The number of carbonyl (C=O) groups is 2. The number of anilines is 1. The van der Waals surface area contributed by atoms with Crippen LogP contribution in [0.2, 0.25) is 5.02 Å². The second kappa shape index (κ2) is 10.1. The summed E-state index contributed by atoms with van der Waals surface area (Å²) < 4.78 is 11.0. The van der Waals surface area contributed by atoms with E-state index >= 15 is 0 Å². The molecule has 1 aromatic heterocycles. The smallest absolute Gasteiger partial charge is 0.338 e. The van der Waals surface area contributed by atoms with Crippen LogP contribution in [0.5, 0.6) is 0 Å². The number of amides is 1. The van der Waals surface area contributed by atoms with Crippen LogP contribution < -0.4 is 4.90 Å². The lowest BCUT2D eigenvalue weighted by Crippen LogP contribution is -2.24. The summed E-state index contributed by atoms with van der Waals surface area (Å²) in [5.74, 6) is 0.632. The molecule has 1 aliphatic heterocycles. The van der Waals surface area contributed by atoms with E-state index in [1.807, 2.05) is 60.7 Å². The number of carbonyl (C=O) groups excluding carboxylic acids is 2. The van der Waals surface area contributed by atoms with E-state index in [0.29, 0.717) is 40.0 Å². The Kier molecular flexibility index (Phi) is 6.56. The van der Waals surface area contributed by atoms with E-state index in [9.17, 15) is 9.59 Å². The van der Waals surface area contributed by atoms with Crippen molar-refractivity contribution >= 4 is 40.9 Å². The van der Waals surface area contributed by atoms with Crippen LogP contribution in [-0.2, 0) is 9.53 Å². The minimum Gasteiger partial charge on any atom is -0.462 e. The molecule has 6 heteroatoms. The summed E-state index contributed by atoms with van der Waals surface area (Å²) in [5.41, 5.74) is 4.14. The van der Waals surface area contributed by atoms with Gasteiger partial charge in [0.1, 0.15) is 11.5 Å². The van der Waals surface area contributed by atoms with Crippen molar-refractivity contribution in [3.63, 3.8) is 0 Å². The fourth-order valence-electron chi connectivity index (χ4n) is 4.03. The summed E-state index contributed by atoms with van der Waals surface area (Å²) in [4.78, 5) is 27.1. The van der Waals surface area contributed by atoms with E-state index < -0.39 is 0 Å². The first kappa shape index (κ1) is 23.4. The van der Waals surface area contributed by atoms with Gasteiger partial charge in [0.2, 0.25) is 0 Å². The Bertz CT molecular complexity index is 1480. The number of nitrogens with zero attached hydrogens (tertiary/aromatic N) is 1. The summed E-state index contributed by atoms with van der Waals surface area (Å²) in [6.07, 6.45) is 3.58. The topological polar surface area (TPSA) is 59.8 Å². The van der Waals surface area contributed by atoms with Crippen LogP contribution >= 0.6 is 11.6 Å². The third-order valence-corrected chi connectivity index (χ3v) is 5.96. The first-order valence-corrected chi connectivity index (χ1v) is 11.9. The Morgan fingerprint density at radius 3 is 2.44 bits per heavy atom. The van der Waals surface area contributed by atoms with Crippen molar-refractivity contribution in [3.8, 4) is 11.3 Å². The molecule has 0 unspecified atom stereocenters. The summed E-state index contributed by atoms with van der Waals surface area (Å²) >= 11 is 6.22. The van der Waals surface area contributed by atoms with Gasteiger partial charge in [-0.05, 0) is 67.1 Å². The fraction of sp³-hybridized carbons (Fsp3) is 0.0667. The van der Waals surface area contributed by atoms with Gasteiger partial charge in [0.25, 0.3) is 5.91 Å². The zero-order valence-electron chi connectivity index (χ0n) is 19.5. The van der Waals surface area contributed by atoms with E-state index in [0.717, 1.165) is 16.8 Å². The average molecular weight is 496 g/mol. The lowest BCUT2D eigenvalue weighted by molar-refractivity contribution is -0.113. The van der Waals surface area contributed by atoms with Gasteiger partial charge in [-0.25, -0.2) is 4.79 Å². The Morgan fingerprint density at radius 2 is 1.72 bits per heavy atom. The molecular weight excluding hydrogens is 474 g/mol. The highest BCUT2D eigenvalue weighted by Crippen LogP contribution is 2.36. The lowest BCUT2D eigenvalue weighted by Gasteiger charge is -2.21. The van der Waals surface area contributed by atoms with Gasteiger partial charge in [0.15, 0.2) is 0 Å². The normalized spacial score (nSPS) is 14.3. The molecular formula is C30H22ClNO4. The summed E-state index contributed by atoms with van der Waals surface area (Å²) in [6, 6.07) is 27.6. The van der Waals surface area contributed by atoms with Gasteiger partial charge in [-0.15, -0.1) is 0 Å². The number of hydrogen-bond donors (Lipinski definition) is 0. The van der Waals surface area contributed by atoms with Crippen molar-refractivity contribution in [1.82, 2.24) is 0 Å². The van der Waals surface area contributed by atoms with Crippen LogP contribution in [0.25, 0.3) is 23.1 Å². The van der Waals surface area contributed by atoms with Gasteiger partial charge in [0, 0.05) is 16.2 Å². The highest BCUT2D eigenvalue weighted by molar-refractivity contribution is 6.31. The maximum Gasteiger partial charge on any atom is 0.338 e. The Hall–Kier alpha value is -4.35. The molecule has 5 rings (SSSR count). The van der Waals surface area contributed by atoms with Gasteiger partial charge in [-0.2, -0.15) is 0 Å². The van der Waals surface area contributed by atoms with E-state index in [1.54, 1.807) is 54.3 Å². The molecule has 3 aromatic carbocycles. The SMILES string of the molecule is CCOC(=O)c1ccc(-c2ccc(/C=C3/C=C(c4ccccc4)N(c4cccc(Cl)c4)C3=O)o2)cc1. The molecule has 0 atom stereocenters.